The van der Waals surface area contributed by atoms with Crippen LogP contribution in [-0.4, -0.2) is 20.4 Å². The number of hydrogen-bond donors (Lipinski definition) is 1. The first-order chi connectivity index (χ1) is 4.47. The highest BCUT2D eigenvalue weighted by Crippen LogP contribution is 1.98. The Morgan fingerprint density at radius 2 is 2.56 bits per heavy atom. The summed E-state index contributed by atoms with van der Waals surface area (Å²) in [5.41, 5.74) is 1.36. The van der Waals surface area contributed by atoms with Gasteiger partial charge in [0.15, 0.2) is 0 Å². The standard InChI is InChI=1S/C5H3N4/c1-2-4-5(6-3-1)8-9-7-4/h1,3H,(H,6,7,8,9). The van der Waals surface area contributed by atoms with E-state index >= 15 is 0 Å². The van der Waals surface area contributed by atoms with Gasteiger partial charge in [0.25, 0.3) is 0 Å². The minimum absolute atomic E-state index is 0.609. The molecule has 43 valence electrons. The summed E-state index contributed by atoms with van der Waals surface area (Å²) >= 11 is 0. The number of hydrogen-bond acceptors (Lipinski definition) is 3. The van der Waals surface area contributed by atoms with Crippen molar-refractivity contribution in [1.29, 1.82) is 0 Å². The summed E-state index contributed by atoms with van der Waals surface area (Å²) < 4.78 is 0. The molecular formula is C5H3N4. The van der Waals surface area contributed by atoms with Gasteiger partial charge in [0.2, 0.25) is 5.65 Å². The monoisotopic (exact) mass is 119 g/mol. The number of nitrogens with zero attached hydrogens (tertiary/aromatic N) is 3. The van der Waals surface area contributed by atoms with Crippen molar-refractivity contribution in [1.82, 2.24) is 20.4 Å². The van der Waals surface area contributed by atoms with Crippen molar-refractivity contribution in [3.8, 4) is 0 Å². The minimum Gasteiger partial charge on any atom is -0.255 e. The van der Waals surface area contributed by atoms with Gasteiger partial charge in [0.1, 0.15) is 5.52 Å². The highest BCUT2D eigenvalue weighted by Gasteiger charge is 1.92. The van der Waals surface area contributed by atoms with E-state index in [1.807, 2.05) is 0 Å². The first-order valence-electron chi connectivity index (χ1n) is 2.50. The van der Waals surface area contributed by atoms with Crippen LogP contribution in [0.1, 0.15) is 0 Å². The molecule has 0 unspecified atom stereocenters. The molecule has 2 heterocycles. The molecule has 0 aliphatic carbocycles. The van der Waals surface area contributed by atoms with Crippen LogP contribution in [0.25, 0.3) is 11.2 Å². The maximum absolute atomic E-state index is 3.91. The Bertz CT molecular complexity index is 283. The molecule has 2 rings (SSSR count). The molecule has 0 spiro atoms. The molecule has 0 aliphatic heterocycles. The van der Waals surface area contributed by atoms with Gasteiger partial charge in [-0.1, -0.05) is 5.21 Å². The smallest absolute Gasteiger partial charge is 0.202 e. The Balaban J connectivity index is 2.95. The fourth-order valence-electron chi connectivity index (χ4n) is 0.638. The molecule has 0 aliphatic rings. The molecule has 0 amide bonds. The fourth-order valence-corrected chi connectivity index (χ4v) is 0.638. The number of H-pyrrole nitrogens is 1. The van der Waals surface area contributed by atoms with Crippen molar-refractivity contribution in [2.75, 3.05) is 0 Å². The molecular weight excluding hydrogens is 116 g/mol. The van der Waals surface area contributed by atoms with Crippen LogP contribution in [0.4, 0.5) is 0 Å². The second-order valence-electron chi connectivity index (χ2n) is 1.60. The molecule has 1 radical (unpaired) electrons. The summed E-state index contributed by atoms with van der Waals surface area (Å²) in [7, 11) is 0. The van der Waals surface area contributed by atoms with Crippen LogP contribution < -0.4 is 0 Å². The van der Waals surface area contributed by atoms with Crippen molar-refractivity contribution in [2.45, 2.75) is 0 Å². The molecule has 0 bridgehead atoms. The fraction of sp³-hybridized carbons (Fsp3) is 0. The molecule has 0 saturated carbocycles. The number of rotatable bonds is 0. The number of nitrogens with one attached hydrogen (secondary N) is 1. The van der Waals surface area contributed by atoms with Gasteiger partial charge in [-0.3, -0.25) is 5.10 Å². The zero-order chi connectivity index (χ0) is 6.10. The third-order valence-corrected chi connectivity index (χ3v) is 1.03. The second kappa shape index (κ2) is 1.51. The van der Waals surface area contributed by atoms with Gasteiger partial charge in [-0.2, -0.15) is 0 Å². The topological polar surface area (TPSA) is 54.5 Å². The van der Waals surface area contributed by atoms with Gasteiger partial charge in [0.05, 0.1) is 0 Å². The number of aromatic nitrogens is 4. The largest absolute Gasteiger partial charge is 0.255 e. The molecule has 0 atom stereocenters. The molecule has 0 fully saturated rings. The Hall–Kier alpha value is -1.45. The number of aromatic amines is 1. The highest BCUT2D eigenvalue weighted by atomic mass is 15.3. The lowest BCUT2D eigenvalue weighted by atomic mass is 10.4. The van der Waals surface area contributed by atoms with Crippen LogP contribution in [0.3, 0.4) is 0 Å². The van der Waals surface area contributed by atoms with Crippen molar-refractivity contribution < 1.29 is 0 Å². The van der Waals surface area contributed by atoms with E-state index in [0.29, 0.717) is 5.65 Å². The van der Waals surface area contributed by atoms with Crippen LogP contribution in [0.5, 0.6) is 0 Å². The van der Waals surface area contributed by atoms with E-state index in [2.05, 4.69) is 26.5 Å². The summed E-state index contributed by atoms with van der Waals surface area (Å²) in [6.45, 7) is 0. The molecule has 4 heteroatoms. The molecule has 9 heavy (non-hydrogen) atoms. The van der Waals surface area contributed by atoms with E-state index in [0.717, 1.165) is 5.52 Å². The Morgan fingerprint density at radius 3 is 3.44 bits per heavy atom. The quantitative estimate of drug-likeness (QED) is 0.537. The maximum atomic E-state index is 3.91. The average molecular weight is 119 g/mol. The number of pyridine rings is 1. The van der Waals surface area contributed by atoms with Crippen molar-refractivity contribution in [3.63, 3.8) is 0 Å². The van der Waals surface area contributed by atoms with Gasteiger partial charge < -0.3 is 0 Å². The Labute approximate surface area is 50.9 Å². The molecule has 1 N–H and O–H groups in total. The summed E-state index contributed by atoms with van der Waals surface area (Å²) in [6.07, 6.45) is 1.63. The van der Waals surface area contributed by atoms with E-state index in [9.17, 15) is 0 Å². The van der Waals surface area contributed by atoms with Crippen LogP contribution in [-0.2, 0) is 0 Å². The van der Waals surface area contributed by atoms with Crippen LogP contribution in [0, 0.1) is 6.07 Å². The van der Waals surface area contributed by atoms with E-state index in [-0.39, 0.29) is 0 Å². The van der Waals surface area contributed by atoms with Crippen LogP contribution in [0.15, 0.2) is 12.3 Å². The zero-order valence-corrected chi connectivity index (χ0v) is 4.50. The predicted molar refractivity (Wildman–Crippen MR) is 30.5 cm³/mol. The summed E-state index contributed by atoms with van der Waals surface area (Å²) in [5.74, 6) is 0. The first-order valence-corrected chi connectivity index (χ1v) is 2.50. The van der Waals surface area contributed by atoms with Crippen molar-refractivity contribution in [3.05, 3.63) is 18.3 Å². The molecule has 0 saturated heterocycles. The lowest BCUT2D eigenvalue weighted by molar-refractivity contribution is 0.954. The zero-order valence-electron chi connectivity index (χ0n) is 4.50. The molecule has 2 aromatic rings. The number of fused-ring (bicyclic) bond motifs is 1. The van der Waals surface area contributed by atoms with Crippen LogP contribution in [0.2, 0.25) is 0 Å². The Kier molecular flexibility index (Phi) is 0.745. The SMILES string of the molecule is [c]1ccnc2nn[nH]c12. The summed E-state index contributed by atoms with van der Waals surface area (Å²) in [4.78, 5) is 3.91. The molecule has 0 aromatic carbocycles. The van der Waals surface area contributed by atoms with Gasteiger partial charge in [0, 0.05) is 12.3 Å². The predicted octanol–water partition coefficient (Wildman–Crippen LogP) is 0.153. The van der Waals surface area contributed by atoms with Crippen molar-refractivity contribution >= 4 is 11.2 Å². The third-order valence-electron chi connectivity index (χ3n) is 1.03. The molecule has 2 aromatic heterocycles. The van der Waals surface area contributed by atoms with Gasteiger partial charge >= 0.3 is 0 Å². The Morgan fingerprint density at radius 1 is 1.56 bits per heavy atom. The minimum atomic E-state index is 0.609. The van der Waals surface area contributed by atoms with Crippen LogP contribution >= 0.6 is 0 Å². The van der Waals surface area contributed by atoms with Gasteiger partial charge in [-0.15, -0.1) is 5.10 Å². The summed E-state index contributed by atoms with van der Waals surface area (Å²) in [5, 5.41) is 9.84. The maximum Gasteiger partial charge on any atom is 0.202 e. The van der Waals surface area contributed by atoms with Gasteiger partial charge in [-0.05, 0) is 6.07 Å². The van der Waals surface area contributed by atoms with Gasteiger partial charge in [-0.25, -0.2) is 4.98 Å². The second-order valence-corrected chi connectivity index (χ2v) is 1.60. The van der Waals surface area contributed by atoms with E-state index < -0.39 is 0 Å². The molecule has 4 nitrogen and oxygen atoms in total. The third kappa shape index (κ3) is 0.561. The van der Waals surface area contributed by atoms with E-state index in [4.69, 9.17) is 0 Å². The highest BCUT2D eigenvalue weighted by molar-refractivity contribution is 5.66. The lowest BCUT2D eigenvalue weighted by Crippen LogP contribution is -1.72. The average Bonchev–Trinajstić information content (AvgIpc) is 2.33. The first kappa shape index (κ1) is 4.43. The lowest BCUT2D eigenvalue weighted by Gasteiger charge is -1.77. The van der Waals surface area contributed by atoms with Crippen molar-refractivity contribution in [2.24, 2.45) is 0 Å². The summed E-state index contributed by atoms with van der Waals surface area (Å²) in [6, 6.07) is 4.60. The normalized spacial score (nSPS) is 10.2. The van der Waals surface area contributed by atoms with E-state index in [1.165, 1.54) is 0 Å². The van der Waals surface area contributed by atoms with E-state index in [1.54, 1.807) is 12.3 Å².